The highest BCUT2D eigenvalue weighted by molar-refractivity contribution is 5.89. The first-order valence-corrected chi connectivity index (χ1v) is 13.6. The van der Waals surface area contributed by atoms with Gasteiger partial charge in [-0.2, -0.15) is 0 Å². The van der Waals surface area contributed by atoms with Crippen LogP contribution in [0.3, 0.4) is 0 Å². The fraction of sp³-hybridized carbons (Fsp3) is 0.375. The van der Waals surface area contributed by atoms with Crippen molar-refractivity contribution >= 4 is 17.7 Å². The summed E-state index contributed by atoms with van der Waals surface area (Å²) >= 11 is 0. The number of rotatable bonds is 15. The Morgan fingerprint density at radius 2 is 1.59 bits per heavy atom. The van der Waals surface area contributed by atoms with Gasteiger partial charge < -0.3 is 24.8 Å². The second-order valence-electron chi connectivity index (χ2n) is 9.76. The molecule has 0 fully saturated rings. The average Bonchev–Trinajstić information content (AvgIpc) is 2.93. The molecule has 0 saturated heterocycles. The van der Waals surface area contributed by atoms with Crippen LogP contribution in [0.25, 0.3) is 0 Å². The molecule has 0 radical (unpaired) electrons. The third-order valence-electron chi connectivity index (χ3n) is 6.47. The van der Waals surface area contributed by atoms with Crippen molar-refractivity contribution in [2.75, 3.05) is 31.6 Å². The fourth-order valence-electron chi connectivity index (χ4n) is 4.22. The smallest absolute Gasteiger partial charge is 0.333 e. The number of aliphatic carboxylic acids is 1. The largest absolute Gasteiger partial charge is 0.492 e. The van der Waals surface area contributed by atoms with Gasteiger partial charge in [0.1, 0.15) is 12.4 Å². The monoisotopic (exact) mass is 532 g/mol. The summed E-state index contributed by atoms with van der Waals surface area (Å²) in [5.41, 5.74) is 4.09. The van der Waals surface area contributed by atoms with Crippen LogP contribution in [0.2, 0.25) is 0 Å². The second-order valence-corrected chi connectivity index (χ2v) is 9.76. The molecule has 2 amide bonds. The number of nitrogens with zero attached hydrogens (tertiary/aromatic N) is 1. The lowest BCUT2D eigenvalue weighted by Crippen LogP contribution is -2.38. The number of carbonyl (C=O) groups is 2. The molecule has 0 aliphatic heterocycles. The van der Waals surface area contributed by atoms with Crippen LogP contribution in [-0.4, -0.2) is 54.4 Å². The van der Waals surface area contributed by atoms with Crippen LogP contribution in [0.5, 0.6) is 5.75 Å². The molecular weight excluding hydrogens is 492 g/mol. The predicted octanol–water partition coefficient (Wildman–Crippen LogP) is 6.39. The van der Waals surface area contributed by atoms with Crippen molar-refractivity contribution in [2.45, 2.75) is 52.1 Å². The standard InChI is InChI=1S/C32H40N2O5/c1-4-38-30(31(35)36)23-26-12-18-29(19-13-26)39-22-21-34(20-8-11-25-9-6-5-7-10-25)32(37)33-28-16-14-27(15-17-28)24(2)3/h5-7,9-10,12-19,24,30H,4,8,11,20-23H2,1-3H3,(H,33,37)(H,35,36). The molecule has 7 nitrogen and oxygen atoms in total. The zero-order valence-corrected chi connectivity index (χ0v) is 23.1. The number of carboxylic acid groups (broad SMARTS) is 1. The summed E-state index contributed by atoms with van der Waals surface area (Å²) in [4.78, 5) is 26.3. The van der Waals surface area contributed by atoms with E-state index >= 15 is 0 Å². The lowest BCUT2D eigenvalue weighted by atomic mass is 10.0. The van der Waals surface area contributed by atoms with E-state index in [0.29, 0.717) is 38.0 Å². The summed E-state index contributed by atoms with van der Waals surface area (Å²) in [5.74, 6) is 0.119. The van der Waals surface area contributed by atoms with E-state index in [9.17, 15) is 14.7 Å². The van der Waals surface area contributed by atoms with Crippen molar-refractivity contribution in [3.63, 3.8) is 0 Å². The SMILES string of the molecule is CCOC(Cc1ccc(OCCN(CCCc2ccccc2)C(=O)Nc2ccc(C(C)C)cc2)cc1)C(=O)O. The summed E-state index contributed by atoms with van der Waals surface area (Å²) in [5, 5.41) is 12.3. The number of anilines is 1. The third kappa shape index (κ3) is 10.1. The Morgan fingerprint density at radius 3 is 2.21 bits per heavy atom. The Hall–Kier alpha value is -3.84. The molecule has 0 aliphatic rings. The van der Waals surface area contributed by atoms with Gasteiger partial charge in [-0.25, -0.2) is 9.59 Å². The average molecular weight is 533 g/mol. The molecule has 208 valence electrons. The molecule has 0 saturated carbocycles. The van der Waals surface area contributed by atoms with Gasteiger partial charge in [-0.1, -0.05) is 68.4 Å². The molecule has 3 aromatic carbocycles. The lowest BCUT2D eigenvalue weighted by Gasteiger charge is -2.23. The van der Waals surface area contributed by atoms with Crippen LogP contribution < -0.4 is 10.1 Å². The van der Waals surface area contributed by atoms with Gasteiger partial charge in [0.2, 0.25) is 0 Å². The van der Waals surface area contributed by atoms with E-state index in [0.717, 1.165) is 24.1 Å². The van der Waals surface area contributed by atoms with Crippen LogP contribution in [0.15, 0.2) is 78.9 Å². The number of nitrogens with one attached hydrogen (secondary N) is 1. The first-order chi connectivity index (χ1) is 18.9. The first kappa shape index (κ1) is 29.7. The fourth-order valence-corrected chi connectivity index (χ4v) is 4.22. The van der Waals surface area contributed by atoms with Gasteiger partial charge in [-0.3, -0.25) is 0 Å². The molecule has 39 heavy (non-hydrogen) atoms. The molecule has 7 heteroatoms. The normalized spacial score (nSPS) is 11.7. The molecule has 2 N–H and O–H groups in total. The molecule has 1 atom stereocenters. The highest BCUT2D eigenvalue weighted by Gasteiger charge is 2.18. The van der Waals surface area contributed by atoms with Crippen molar-refractivity contribution in [3.05, 3.63) is 95.6 Å². The van der Waals surface area contributed by atoms with E-state index in [1.165, 1.54) is 11.1 Å². The van der Waals surface area contributed by atoms with E-state index in [1.807, 2.05) is 66.7 Å². The van der Waals surface area contributed by atoms with Crippen LogP contribution >= 0.6 is 0 Å². The van der Waals surface area contributed by atoms with E-state index < -0.39 is 12.1 Å². The Bertz CT molecular complexity index is 1150. The summed E-state index contributed by atoms with van der Waals surface area (Å²) in [6, 6.07) is 25.4. The summed E-state index contributed by atoms with van der Waals surface area (Å²) < 4.78 is 11.2. The van der Waals surface area contributed by atoms with Gasteiger partial charge in [0, 0.05) is 25.3 Å². The highest BCUT2D eigenvalue weighted by Crippen LogP contribution is 2.18. The van der Waals surface area contributed by atoms with E-state index in [1.54, 1.807) is 11.8 Å². The van der Waals surface area contributed by atoms with Crippen molar-refractivity contribution < 1.29 is 24.2 Å². The predicted molar refractivity (Wildman–Crippen MR) is 155 cm³/mol. The van der Waals surface area contributed by atoms with Crippen LogP contribution in [0.1, 0.15) is 49.8 Å². The van der Waals surface area contributed by atoms with Crippen LogP contribution in [0.4, 0.5) is 10.5 Å². The number of ether oxygens (including phenoxy) is 2. The molecule has 3 aromatic rings. The summed E-state index contributed by atoms with van der Waals surface area (Å²) in [6.45, 7) is 7.77. The second kappa shape index (κ2) is 15.5. The topological polar surface area (TPSA) is 88.1 Å². The third-order valence-corrected chi connectivity index (χ3v) is 6.47. The maximum atomic E-state index is 13.2. The minimum Gasteiger partial charge on any atom is -0.492 e. The van der Waals surface area contributed by atoms with Crippen LogP contribution in [0, 0.1) is 0 Å². The Balaban J connectivity index is 1.57. The molecule has 0 aromatic heterocycles. The molecule has 1 unspecified atom stereocenters. The minimum atomic E-state index is -0.973. The van der Waals surface area contributed by atoms with Crippen molar-refractivity contribution in [1.29, 1.82) is 0 Å². The van der Waals surface area contributed by atoms with Gasteiger partial charge in [0.05, 0.1) is 6.54 Å². The molecule has 3 rings (SSSR count). The van der Waals surface area contributed by atoms with Crippen molar-refractivity contribution in [1.82, 2.24) is 4.90 Å². The van der Waals surface area contributed by atoms with Gasteiger partial charge >= 0.3 is 12.0 Å². The lowest BCUT2D eigenvalue weighted by molar-refractivity contribution is -0.149. The maximum absolute atomic E-state index is 13.2. The Labute approximate surface area is 231 Å². The van der Waals surface area contributed by atoms with E-state index in [-0.39, 0.29) is 12.5 Å². The van der Waals surface area contributed by atoms with Crippen molar-refractivity contribution in [3.8, 4) is 5.75 Å². The van der Waals surface area contributed by atoms with E-state index in [2.05, 4.69) is 31.3 Å². The zero-order chi connectivity index (χ0) is 28.0. The van der Waals surface area contributed by atoms with Crippen LogP contribution in [-0.2, 0) is 22.4 Å². The number of carbonyl (C=O) groups excluding carboxylic acids is 1. The quantitative estimate of drug-likeness (QED) is 0.237. The minimum absolute atomic E-state index is 0.157. The molecular formula is C32H40N2O5. The number of hydrogen-bond acceptors (Lipinski definition) is 4. The molecule has 0 bridgehead atoms. The number of carboxylic acids is 1. The molecule has 0 heterocycles. The molecule has 0 aliphatic carbocycles. The number of amides is 2. The van der Waals surface area contributed by atoms with Crippen molar-refractivity contribution in [2.24, 2.45) is 0 Å². The number of benzene rings is 3. The highest BCUT2D eigenvalue weighted by atomic mass is 16.5. The number of hydrogen-bond donors (Lipinski definition) is 2. The van der Waals surface area contributed by atoms with Gasteiger partial charge in [0.25, 0.3) is 0 Å². The summed E-state index contributed by atoms with van der Waals surface area (Å²) in [7, 11) is 0. The zero-order valence-electron chi connectivity index (χ0n) is 23.1. The van der Waals surface area contributed by atoms with E-state index in [4.69, 9.17) is 9.47 Å². The van der Waals surface area contributed by atoms with Gasteiger partial charge in [0.15, 0.2) is 6.10 Å². The first-order valence-electron chi connectivity index (χ1n) is 13.6. The maximum Gasteiger partial charge on any atom is 0.333 e. The number of urea groups is 1. The molecule has 0 spiro atoms. The van der Waals surface area contributed by atoms with Gasteiger partial charge in [-0.05, 0) is 66.6 Å². The van der Waals surface area contributed by atoms with Gasteiger partial charge in [-0.15, -0.1) is 0 Å². The summed E-state index contributed by atoms with van der Waals surface area (Å²) in [6.07, 6.45) is 1.14. The Morgan fingerprint density at radius 1 is 0.897 bits per heavy atom. The Kier molecular flexibility index (Phi) is 11.8. The number of aryl methyl sites for hydroxylation is 1.